The Kier molecular flexibility index (Phi) is 4.70. The fourth-order valence-electron chi connectivity index (χ4n) is 1.42. The van der Waals surface area contributed by atoms with E-state index in [9.17, 15) is 4.39 Å². The average molecular weight is 391 g/mol. The van der Waals surface area contributed by atoms with Gasteiger partial charge >= 0.3 is 0 Å². The van der Waals surface area contributed by atoms with Crippen LogP contribution in [0.5, 0.6) is 5.75 Å². The second-order valence-corrected chi connectivity index (χ2v) is 5.70. The van der Waals surface area contributed by atoms with E-state index >= 15 is 0 Å². The molecule has 0 saturated carbocycles. The number of ether oxygens (including phenoxy) is 1. The third-order valence-corrected chi connectivity index (χ3v) is 3.88. The molecule has 0 aliphatic carbocycles. The van der Waals surface area contributed by atoms with E-state index in [1.54, 1.807) is 12.3 Å². The third-order valence-electron chi connectivity index (χ3n) is 2.22. The molecule has 19 heavy (non-hydrogen) atoms. The first-order chi connectivity index (χ1) is 9.10. The van der Waals surface area contributed by atoms with Gasteiger partial charge in [-0.1, -0.05) is 0 Å². The van der Waals surface area contributed by atoms with Crippen molar-refractivity contribution < 1.29 is 9.13 Å². The van der Waals surface area contributed by atoms with Crippen molar-refractivity contribution in [1.82, 2.24) is 4.98 Å². The summed E-state index contributed by atoms with van der Waals surface area (Å²) in [6, 6.07) is 3.17. The van der Waals surface area contributed by atoms with Crippen molar-refractivity contribution >= 4 is 45.3 Å². The molecule has 1 aromatic heterocycles. The molecule has 4 nitrogen and oxygen atoms in total. The van der Waals surface area contributed by atoms with Crippen molar-refractivity contribution in [2.45, 2.75) is 6.92 Å². The van der Waals surface area contributed by atoms with Crippen LogP contribution in [0.3, 0.4) is 0 Å². The summed E-state index contributed by atoms with van der Waals surface area (Å²) < 4.78 is 19.3. The van der Waals surface area contributed by atoms with E-state index in [-0.39, 0.29) is 5.75 Å². The smallest absolute Gasteiger partial charge is 0.203 e. The molecule has 0 bridgehead atoms. The minimum Gasteiger partial charge on any atom is -0.493 e. The maximum Gasteiger partial charge on any atom is 0.203 e. The molecule has 1 N–H and O–H groups in total. The number of hydrogen-bond donors (Lipinski definition) is 1. The highest BCUT2D eigenvalue weighted by atomic mass is 127. The fourth-order valence-corrected chi connectivity index (χ4v) is 2.89. The van der Waals surface area contributed by atoms with Gasteiger partial charge in [0.25, 0.3) is 0 Å². The SMILES string of the molecule is COc1c(F)cc(C=NNc2nc(C)cs2)cc1I. The van der Waals surface area contributed by atoms with E-state index in [4.69, 9.17) is 4.74 Å². The van der Waals surface area contributed by atoms with Gasteiger partial charge in [-0.25, -0.2) is 9.37 Å². The summed E-state index contributed by atoms with van der Waals surface area (Å²) in [6.45, 7) is 1.91. The maximum atomic E-state index is 13.6. The van der Waals surface area contributed by atoms with Gasteiger partial charge in [-0.3, -0.25) is 5.43 Å². The molecule has 0 fully saturated rings. The Morgan fingerprint density at radius 1 is 1.53 bits per heavy atom. The Bertz CT molecular complexity index is 592. The number of hydrazone groups is 1. The van der Waals surface area contributed by atoms with Gasteiger partial charge in [-0.15, -0.1) is 11.3 Å². The van der Waals surface area contributed by atoms with Gasteiger partial charge in [0, 0.05) is 5.38 Å². The molecule has 0 aliphatic heterocycles. The first-order valence-corrected chi connectivity index (χ1v) is 7.30. The molecule has 0 amide bonds. The maximum absolute atomic E-state index is 13.6. The van der Waals surface area contributed by atoms with Crippen molar-refractivity contribution in [3.05, 3.63) is 38.2 Å². The Hall–Kier alpha value is -1.22. The molecule has 1 heterocycles. The molecule has 0 spiro atoms. The van der Waals surface area contributed by atoms with E-state index in [0.717, 1.165) is 5.69 Å². The largest absolute Gasteiger partial charge is 0.493 e. The van der Waals surface area contributed by atoms with E-state index in [1.807, 2.05) is 34.9 Å². The molecule has 0 unspecified atom stereocenters. The minimum atomic E-state index is -0.402. The zero-order valence-corrected chi connectivity index (χ0v) is 13.3. The number of aryl methyl sites for hydroxylation is 1. The predicted molar refractivity (Wildman–Crippen MR) is 83.7 cm³/mol. The van der Waals surface area contributed by atoms with E-state index in [0.29, 0.717) is 14.3 Å². The molecule has 2 aromatic rings. The zero-order chi connectivity index (χ0) is 13.8. The van der Waals surface area contributed by atoms with Crippen LogP contribution < -0.4 is 10.2 Å². The summed E-state index contributed by atoms with van der Waals surface area (Å²) in [4.78, 5) is 4.20. The molecule has 0 saturated heterocycles. The van der Waals surface area contributed by atoms with E-state index in [2.05, 4.69) is 15.5 Å². The van der Waals surface area contributed by atoms with Crippen LogP contribution in [0.1, 0.15) is 11.3 Å². The van der Waals surface area contributed by atoms with E-state index in [1.165, 1.54) is 24.5 Å². The van der Waals surface area contributed by atoms with Crippen LogP contribution in [0.4, 0.5) is 9.52 Å². The molecule has 2 rings (SSSR count). The molecule has 0 atom stereocenters. The molecule has 0 radical (unpaired) electrons. The number of aromatic nitrogens is 1. The lowest BCUT2D eigenvalue weighted by atomic mass is 10.2. The summed E-state index contributed by atoms with van der Waals surface area (Å²) in [5.41, 5.74) is 4.40. The number of hydrogen-bond acceptors (Lipinski definition) is 5. The number of methoxy groups -OCH3 is 1. The van der Waals surface area contributed by atoms with Gasteiger partial charge < -0.3 is 4.74 Å². The standard InChI is InChI=1S/C12H11FIN3OS/c1-7-6-19-12(16-7)17-15-5-8-3-9(13)11(18-2)10(14)4-8/h3-6H,1-2H3,(H,16,17). The molecule has 100 valence electrons. The van der Waals surface area contributed by atoms with Crippen LogP contribution >= 0.6 is 33.9 Å². The highest BCUT2D eigenvalue weighted by molar-refractivity contribution is 14.1. The highest BCUT2D eigenvalue weighted by Gasteiger charge is 2.08. The molecular weight excluding hydrogens is 380 g/mol. The van der Waals surface area contributed by atoms with Crippen molar-refractivity contribution in [3.8, 4) is 5.75 Å². The van der Waals surface area contributed by atoms with Gasteiger partial charge in [0.15, 0.2) is 11.6 Å². The van der Waals surface area contributed by atoms with Crippen LogP contribution in [0, 0.1) is 16.3 Å². The summed E-state index contributed by atoms with van der Waals surface area (Å²) in [5.74, 6) is -0.151. The molecule has 1 aromatic carbocycles. The zero-order valence-electron chi connectivity index (χ0n) is 10.3. The lowest BCUT2D eigenvalue weighted by Gasteiger charge is -2.05. The Labute approximate surface area is 127 Å². The van der Waals surface area contributed by atoms with Crippen molar-refractivity contribution in [3.63, 3.8) is 0 Å². The van der Waals surface area contributed by atoms with Gasteiger partial charge in [0.05, 0.1) is 22.6 Å². The van der Waals surface area contributed by atoms with Crippen LogP contribution in [-0.4, -0.2) is 18.3 Å². The highest BCUT2D eigenvalue weighted by Crippen LogP contribution is 2.25. The van der Waals surface area contributed by atoms with Gasteiger partial charge in [0.2, 0.25) is 5.13 Å². The van der Waals surface area contributed by atoms with Crippen LogP contribution in [-0.2, 0) is 0 Å². The van der Waals surface area contributed by atoms with Gasteiger partial charge in [0.1, 0.15) is 0 Å². The van der Waals surface area contributed by atoms with Crippen LogP contribution in [0.25, 0.3) is 0 Å². The minimum absolute atomic E-state index is 0.251. The predicted octanol–water partition coefficient (Wildman–Crippen LogP) is 3.65. The Morgan fingerprint density at radius 2 is 2.32 bits per heavy atom. The first kappa shape index (κ1) is 14.2. The lowest BCUT2D eigenvalue weighted by molar-refractivity contribution is 0.383. The number of benzene rings is 1. The lowest BCUT2D eigenvalue weighted by Crippen LogP contribution is -1.96. The number of halogens is 2. The topological polar surface area (TPSA) is 46.5 Å². The summed E-state index contributed by atoms with van der Waals surface area (Å²) in [5, 5.41) is 6.66. The molecule has 0 aliphatic rings. The van der Waals surface area contributed by atoms with Gasteiger partial charge in [-0.2, -0.15) is 5.10 Å². The van der Waals surface area contributed by atoms with E-state index < -0.39 is 5.82 Å². The number of thiazole rings is 1. The number of anilines is 1. The van der Waals surface area contributed by atoms with Crippen molar-refractivity contribution in [2.24, 2.45) is 5.10 Å². The quantitative estimate of drug-likeness (QED) is 0.492. The Balaban J connectivity index is 2.11. The normalized spacial score (nSPS) is 10.9. The van der Waals surface area contributed by atoms with Crippen LogP contribution in [0.15, 0.2) is 22.6 Å². The average Bonchev–Trinajstić information content (AvgIpc) is 2.75. The molecular formula is C12H11FIN3OS. The molecule has 7 heteroatoms. The monoisotopic (exact) mass is 391 g/mol. The second-order valence-electron chi connectivity index (χ2n) is 3.68. The second kappa shape index (κ2) is 6.29. The van der Waals surface area contributed by atoms with Crippen molar-refractivity contribution in [2.75, 3.05) is 12.5 Å². The summed E-state index contributed by atoms with van der Waals surface area (Å²) >= 11 is 3.49. The fraction of sp³-hybridized carbons (Fsp3) is 0.167. The van der Waals surface area contributed by atoms with Crippen LogP contribution in [0.2, 0.25) is 0 Å². The third kappa shape index (κ3) is 3.63. The first-order valence-electron chi connectivity index (χ1n) is 5.34. The van der Waals surface area contributed by atoms with Crippen molar-refractivity contribution in [1.29, 1.82) is 0 Å². The van der Waals surface area contributed by atoms with Gasteiger partial charge in [-0.05, 0) is 47.2 Å². The Morgan fingerprint density at radius 3 is 2.89 bits per heavy atom. The summed E-state index contributed by atoms with van der Waals surface area (Å²) in [6.07, 6.45) is 1.54. The number of rotatable bonds is 4. The number of nitrogens with zero attached hydrogens (tertiary/aromatic N) is 2. The number of nitrogens with one attached hydrogen (secondary N) is 1. The summed E-state index contributed by atoms with van der Waals surface area (Å²) in [7, 11) is 1.45.